The predicted molar refractivity (Wildman–Crippen MR) is 127 cm³/mol. The summed E-state index contributed by atoms with van der Waals surface area (Å²) in [4.78, 5) is 32.8. The minimum atomic E-state index is -0.317. The molecule has 5 rings (SSSR count). The van der Waals surface area contributed by atoms with Gasteiger partial charge in [0.2, 0.25) is 0 Å². The first-order valence-corrected chi connectivity index (χ1v) is 10.3. The topological polar surface area (TPSA) is 141 Å². The minimum absolute atomic E-state index is 0.0528. The van der Waals surface area contributed by atoms with Crippen molar-refractivity contribution < 1.29 is 14.7 Å². The van der Waals surface area contributed by atoms with E-state index in [-0.39, 0.29) is 17.6 Å². The molecular formula is C24H19N7O3. The summed E-state index contributed by atoms with van der Waals surface area (Å²) in [6.45, 7) is 0. The monoisotopic (exact) mass is 453 g/mol. The normalized spacial score (nSPS) is 11.3. The largest absolute Gasteiger partial charge is 0.494 e. The fourth-order valence-electron chi connectivity index (χ4n) is 3.57. The molecule has 0 aliphatic heterocycles. The lowest BCUT2D eigenvalue weighted by molar-refractivity contribution is 0.102. The predicted octanol–water partition coefficient (Wildman–Crippen LogP) is 3.56. The summed E-state index contributed by atoms with van der Waals surface area (Å²) in [6, 6.07) is 13.5. The van der Waals surface area contributed by atoms with E-state index >= 15 is 0 Å². The van der Waals surface area contributed by atoms with Gasteiger partial charge in [-0.05, 0) is 30.3 Å². The molecule has 0 bridgehead atoms. The summed E-state index contributed by atoms with van der Waals surface area (Å²) in [5.41, 5.74) is 2.87. The number of nitrogens with zero attached hydrogens (tertiary/aromatic N) is 4. The van der Waals surface area contributed by atoms with Crippen LogP contribution in [0.4, 0.5) is 11.5 Å². The van der Waals surface area contributed by atoms with Crippen molar-refractivity contribution in [2.24, 2.45) is 12.0 Å². The maximum Gasteiger partial charge on any atom is 0.258 e. The molecule has 4 N–H and O–H groups in total. The lowest BCUT2D eigenvalue weighted by Crippen LogP contribution is -2.12. The zero-order valence-corrected chi connectivity index (χ0v) is 18.0. The number of aromatic amines is 2. The molecule has 0 atom stereocenters. The second kappa shape index (κ2) is 8.51. The summed E-state index contributed by atoms with van der Waals surface area (Å²) in [5.74, 6) is -0.0614. The van der Waals surface area contributed by atoms with Crippen molar-refractivity contribution in [3.05, 3.63) is 89.4 Å². The zero-order valence-electron chi connectivity index (χ0n) is 18.0. The van der Waals surface area contributed by atoms with E-state index in [1.165, 1.54) is 17.1 Å². The molecule has 34 heavy (non-hydrogen) atoms. The molecule has 0 unspecified atom stereocenters. The van der Waals surface area contributed by atoms with Gasteiger partial charge >= 0.3 is 0 Å². The first-order valence-electron chi connectivity index (χ1n) is 10.3. The Hall–Kier alpha value is -4.99. The van der Waals surface area contributed by atoms with E-state index in [1.807, 2.05) is 0 Å². The molecule has 0 radical (unpaired) electrons. The third-order valence-corrected chi connectivity index (χ3v) is 5.25. The van der Waals surface area contributed by atoms with E-state index < -0.39 is 0 Å². The molecule has 0 fully saturated rings. The Morgan fingerprint density at radius 2 is 1.97 bits per heavy atom. The Morgan fingerprint density at radius 1 is 1.12 bits per heavy atom. The van der Waals surface area contributed by atoms with Gasteiger partial charge in [-0.1, -0.05) is 12.1 Å². The van der Waals surface area contributed by atoms with Crippen molar-refractivity contribution in [1.29, 1.82) is 0 Å². The van der Waals surface area contributed by atoms with Gasteiger partial charge in [0.25, 0.3) is 5.91 Å². The molecule has 168 valence electrons. The number of amides is 1. The minimum Gasteiger partial charge on any atom is -0.494 e. The van der Waals surface area contributed by atoms with E-state index in [2.05, 4.69) is 30.6 Å². The Morgan fingerprint density at radius 3 is 2.74 bits per heavy atom. The summed E-state index contributed by atoms with van der Waals surface area (Å²) < 4.78 is 1.54. The van der Waals surface area contributed by atoms with Crippen LogP contribution in [-0.4, -0.2) is 48.0 Å². The van der Waals surface area contributed by atoms with E-state index in [9.17, 15) is 14.7 Å². The molecule has 0 spiro atoms. The summed E-state index contributed by atoms with van der Waals surface area (Å²) >= 11 is 0. The molecular weight excluding hydrogens is 434 g/mol. The first-order chi connectivity index (χ1) is 16.5. The van der Waals surface area contributed by atoms with Crippen LogP contribution in [0.5, 0.6) is 5.88 Å². The summed E-state index contributed by atoms with van der Waals surface area (Å²) in [7, 11) is 1.73. The molecule has 0 aliphatic rings. The fraction of sp³-hybridized carbons (Fsp3) is 0.0417. The number of fused-ring (bicyclic) bond motifs is 1. The highest BCUT2D eigenvalue weighted by Crippen LogP contribution is 2.28. The van der Waals surface area contributed by atoms with E-state index in [4.69, 9.17) is 0 Å². The number of rotatable bonds is 6. The van der Waals surface area contributed by atoms with Crippen LogP contribution in [0.25, 0.3) is 10.9 Å². The second-order valence-corrected chi connectivity index (χ2v) is 7.61. The molecule has 10 nitrogen and oxygen atoms in total. The number of carbonyl (C=O) groups is 2. The Bertz CT molecular complexity index is 1540. The molecule has 3 heterocycles. The highest BCUT2D eigenvalue weighted by atomic mass is 16.3. The Labute approximate surface area is 193 Å². The number of carbonyl (C=O) groups excluding carboxylic acids is 2. The number of aromatic hydroxyl groups is 1. The number of nitrogens with one attached hydrogen (secondary N) is 3. The van der Waals surface area contributed by atoms with E-state index in [1.54, 1.807) is 68.0 Å². The average molecular weight is 453 g/mol. The van der Waals surface area contributed by atoms with Crippen LogP contribution in [0, 0.1) is 0 Å². The first kappa shape index (κ1) is 20.9. The van der Waals surface area contributed by atoms with Crippen LogP contribution in [-0.2, 0) is 7.05 Å². The summed E-state index contributed by atoms with van der Waals surface area (Å²) in [5, 5.41) is 24.3. The van der Waals surface area contributed by atoms with Gasteiger partial charge in [-0.25, -0.2) is 4.99 Å². The molecule has 0 saturated heterocycles. The van der Waals surface area contributed by atoms with Crippen molar-refractivity contribution >= 4 is 40.3 Å². The lowest BCUT2D eigenvalue weighted by atomic mass is 10.0. The van der Waals surface area contributed by atoms with Crippen LogP contribution in [0.15, 0.2) is 72.1 Å². The third kappa shape index (κ3) is 4.07. The van der Waals surface area contributed by atoms with Gasteiger partial charge in [-0.3, -0.25) is 19.4 Å². The maximum atomic E-state index is 13.2. The molecule has 1 amide bonds. The Kier molecular flexibility index (Phi) is 5.23. The van der Waals surface area contributed by atoms with Gasteiger partial charge in [0.15, 0.2) is 11.7 Å². The Balaban J connectivity index is 1.42. The number of benzene rings is 2. The summed E-state index contributed by atoms with van der Waals surface area (Å²) in [6.07, 6.45) is 6.16. The van der Waals surface area contributed by atoms with Gasteiger partial charge in [0.1, 0.15) is 5.82 Å². The molecule has 2 aromatic carbocycles. The van der Waals surface area contributed by atoms with Crippen LogP contribution in [0.1, 0.15) is 31.8 Å². The van der Waals surface area contributed by atoms with Gasteiger partial charge < -0.3 is 15.4 Å². The number of aryl methyl sites for hydroxylation is 1. The third-order valence-electron chi connectivity index (χ3n) is 5.25. The van der Waals surface area contributed by atoms with Crippen LogP contribution < -0.4 is 5.32 Å². The van der Waals surface area contributed by atoms with Crippen LogP contribution >= 0.6 is 0 Å². The fourth-order valence-corrected chi connectivity index (χ4v) is 3.57. The highest BCUT2D eigenvalue weighted by molar-refractivity contribution is 6.13. The van der Waals surface area contributed by atoms with Gasteiger partial charge in [0.05, 0.1) is 23.5 Å². The number of aromatic nitrogens is 5. The molecule has 5 aromatic rings. The lowest BCUT2D eigenvalue weighted by Gasteiger charge is -2.07. The second-order valence-electron chi connectivity index (χ2n) is 7.61. The van der Waals surface area contributed by atoms with Crippen LogP contribution in [0.3, 0.4) is 0 Å². The number of anilines is 1. The van der Waals surface area contributed by atoms with E-state index in [0.717, 1.165) is 0 Å². The van der Waals surface area contributed by atoms with Crippen molar-refractivity contribution in [2.75, 3.05) is 5.32 Å². The average Bonchev–Trinajstić information content (AvgIpc) is 3.57. The van der Waals surface area contributed by atoms with Crippen molar-refractivity contribution in [2.45, 2.75) is 0 Å². The number of hydrogen-bond donors (Lipinski definition) is 4. The number of H-pyrrole nitrogens is 2. The quantitative estimate of drug-likeness (QED) is 0.230. The number of aliphatic imine (C=N–C) groups is 1. The van der Waals surface area contributed by atoms with Crippen molar-refractivity contribution in [3.63, 3.8) is 0 Å². The van der Waals surface area contributed by atoms with Gasteiger partial charge in [-0.2, -0.15) is 10.2 Å². The molecule has 3 aromatic heterocycles. The smallest absolute Gasteiger partial charge is 0.258 e. The van der Waals surface area contributed by atoms with E-state index in [0.29, 0.717) is 44.7 Å². The maximum absolute atomic E-state index is 13.2. The van der Waals surface area contributed by atoms with Crippen LogP contribution in [0.2, 0.25) is 0 Å². The molecule has 0 aliphatic carbocycles. The zero-order chi connectivity index (χ0) is 23.7. The number of hydrogen-bond acceptors (Lipinski definition) is 6. The van der Waals surface area contributed by atoms with Crippen molar-refractivity contribution in [3.8, 4) is 5.88 Å². The molecule has 10 heteroatoms. The number of ketones is 1. The van der Waals surface area contributed by atoms with Crippen molar-refractivity contribution in [1.82, 2.24) is 25.0 Å². The van der Waals surface area contributed by atoms with Gasteiger partial charge in [0, 0.05) is 53.2 Å². The SMILES string of the molecule is Cn1cc(C(=O)Nc2cccc(C(=O)c3ccc4[nH]c(O)c(/C=N/c5ccn[nH]5)c4c3)c2)cn1. The van der Waals surface area contributed by atoms with Gasteiger partial charge in [-0.15, -0.1) is 0 Å². The standard InChI is InChI=1S/C24H19N7O3/c1-31-13-16(11-27-31)23(33)28-17-4-2-3-14(9-17)22(32)15-5-6-20-18(10-15)19(24(34)29-20)12-25-21-7-8-26-30-21/h2-13,29,34H,1H3,(H,26,30)(H,28,33)/b25-12+. The highest BCUT2D eigenvalue weighted by Gasteiger charge is 2.15. The molecule has 0 saturated carbocycles.